The van der Waals surface area contributed by atoms with E-state index < -0.39 is 10.0 Å². The molecule has 0 bridgehead atoms. The number of unbranched alkanes of at least 4 members (excludes halogenated alkanes) is 5. The van der Waals surface area contributed by atoms with E-state index in [1.165, 1.54) is 25.3 Å². The maximum atomic E-state index is 12.3. The standard InChI is InChI=1S/C15H24N2O2S2/c1-2-3-4-5-6-9-12-17-21(18,19)14-11-8-7-10-13(14)15(16)20/h7-8,10-11,17H,2-6,9,12H2,1H3,(H2,16,20). The van der Waals surface area contributed by atoms with Crippen molar-refractivity contribution in [3.63, 3.8) is 0 Å². The molecule has 0 amide bonds. The van der Waals surface area contributed by atoms with Crippen molar-refractivity contribution >= 4 is 27.2 Å². The van der Waals surface area contributed by atoms with Crippen molar-refractivity contribution in [2.75, 3.05) is 6.54 Å². The van der Waals surface area contributed by atoms with E-state index in [4.69, 9.17) is 18.0 Å². The smallest absolute Gasteiger partial charge is 0.241 e. The van der Waals surface area contributed by atoms with Crippen LogP contribution in [-0.2, 0) is 10.0 Å². The maximum absolute atomic E-state index is 12.3. The van der Waals surface area contributed by atoms with Crippen LogP contribution < -0.4 is 10.5 Å². The van der Waals surface area contributed by atoms with Gasteiger partial charge in [-0.15, -0.1) is 0 Å². The van der Waals surface area contributed by atoms with Gasteiger partial charge >= 0.3 is 0 Å². The first kappa shape index (κ1) is 18.1. The van der Waals surface area contributed by atoms with Crippen molar-refractivity contribution in [1.82, 2.24) is 4.72 Å². The van der Waals surface area contributed by atoms with Gasteiger partial charge in [0.2, 0.25) is 10.0 Å². The summed E-state index contributed by atoms with van der Waals surface area (Å²) in [4.78, 5) is 0.249. The second-order valence-electron chi connectivity index (χ2n) is 5.03. The molecule has 1 aromatic rings. The second kappa shape index (κ2) is 9.12. The molecule has 0 aliphatic heterocycles. The van der Waals surface area contributed by atoms with E-state index in [2.05, 4.69) is 11.6 Å². The van der Waals surface area contributed by atoms with Crippen LogP contribution in [0.1, 0.15) is 51.0 Å². The van der Waals surface area contributed by atoms with Gasteiger partial charge in [0.25, 0.3) is 0 Å². The molecule has 4 nitrogen and oxygen atoms in total. The van der Waals surface area contributed by atoms with Gasteiger partial charge in [-0.25, -0.2) is 13.1 Å². The van der Waals surface area contributed by atoms with Gasteiger partial charge in [-0.2, -0.15) is 0 Å². The first-order chi connectivity index (χ1) is 9.99. The summed E-state index contributed by atoms with van der Waals surface area (Å²) in [5, 5.41) is 0. The zero-order chi connectivity index (χ0) is 15.7. The molecule has 0 heterocycles. The number of rotatable bonds is 10. The van der Waals surface area contributed by atoms with Crippen LogP contribution in [0.25, 0.3) is 0 Å². The summed E-state index contributed by atoms with van der Waals surface area (Å²) >= 11 is 4.90. The van der Waals surface area contributed by atoms with E-state index in [-0.39, 0.29) is 9.88 Å². The Morgan fingerprint density at radius 1 is 1.14 bits per heavy atom. The molecule has 0 spiro atoms. The number of thiocarbonyl (C=S) groups is 1. The van der Waals surface area contributed by atoms with E-state index in [9.17, 15) is 8.42 Å². The summed E-state index contributed by atoms with van der Waals surface area (Å²) in [5.41, 5.74) is 5.96. The fraction of sp³-hybridized carbons (Fsp3) is 0.533. The Balaban J connectivity index is 2.53. The molecule has 0 atom stereocenters. The Bertz CT molecular complexity index is 557. The van der Waals surface area contributed by atoms with Crippen LogP contribution in [0.3, 0.4) is 0 Å². The molecule has 1 aromatic carbocycles. The molecule has 1 rings (SSSR count). The molecule has 6 heteroatoms. The van der Waals surface area contributed by atoms with E-state index in [0.29, 0.717) is 12.1 Å². The van der Waals surface area contributed by atoms with Gasteiger partial charge in [0.1, 0.15) is 4.99 Å². The van der Waals surface area contributed by atoms with Crippen molar-refractivity contribution < 1.29 is 8.42 Å². The van der Waals surface area contributed by atoms with Crippen LogP contribution in [0.2, 0.25) is 0 Å². The number of nitrogens with one attached hydrogen (secondary N) is 1. The van der Waals surface area contributed by atoms with Gasteiger partial charge < -0.3 is 5.73 Å². The van der Waals surface area contributed by atoms with Gasteiger partial charge in [0, 0.05) is 12.1 Å². The number of hydrogen-bond acceptors (Lipinski definition) is 3. The zero-order valence-electron chi connectivity index (χ0n) is 12.5. The molecule has 0 unspecified atom stereocenters. The lowest BCUT2D eigenvalue weighted by molar-refractivity contribution is 0.567. The minimum atomic E-state index is -3.55. The summed E-state index contributed by atoms with van der Waals surface area (Å²) in [5.74, 6) is 0. The van der Waals surface area contributed by atoms with Gasteiger partial charge in [-0.05, 0) is 12.5 Å². The first-order valence-corrected chi connectivity index (χ1v) is 9.26. The minimum Gasteiger partial charge on any atom is -0.389 e. The van der Waals surface area contributed by atoms with Crippen molar-refractivity contribution in [3.05, 3.63) is 29.8 Å². The molecule has 0 saturated carbocycles. The van der Waals surface area contributed by atoms with Crippen molar-refractivity contribution in [2.24, 2.45) is 5.73 Å². The molecule has 3 N–H and O–H groups in total. The quantitative estimate of drug-likeness (QED) is 0.511. The number of benzene rings is 1. The molecule has 0 aromatic heterocycles. The van der Waals surface area contributed by atoms with E-state index in [1.807, 2.05) is 0 Å². The molecular formula is C15H24N2O2S2. The predicted molar refractivity (Wildman–Crippen MR) is 90.9 cm³/mol. The lowest BCUT2D eigenvalue weighted by atomic mass is 10.1. The third-order valence-electron chi connectivity index (χ3n) is 3.26. The lowest BCUT2D eigenvalue weighted by Gasteiger charge is -2.10. The van der Waals surface area contributed by atoms with Gasteiger partial charge in [-0.3, -0.25) is 0 Å². The summed E-state index contributed by atoms with van der Waals surface area (Å²) in [6, 6.07) is 6.54. The van der Waals surface area contributed by atoms with Crippen LogP contribution in [-0.4, -0.2) is 20.0 Å². The van der Waals surface area contributed by atoms with Crippen molar-refractivity contribution in [2.45, 2.75) is 50.3 Å². The number of hydrogen-bond donors (Lipinski definition) is 2. The average Bonchev–Trinajstić information content (AvgIpc) is 2.46. The van der Waals surface area contributed by atoms with Gasteiger partial charge in [0.15, 0.2) is 0 Å². The molecule has 21 heavy (non-hydrogen) atoms. The fourth-order valence-electron chi connectivity index (χ4n) is 2.09. The molecule has 0 aliphatic carbocycles. The zero-order valence-corrected chi connectivity index (χ0v) is 14.1. The molecular weight excluding hydrogens is 304 g/mol. The lowest BCUT2D eigenvalue weighted by Crippen LogP contribution is -2.27. The fourth-order valence-corrected chi connectivity index (χ4v) is 3.63. The van der Waals surface area contributed by atoms with Gasteiger partial charge in [0.05, 0.1) is 4.90 Å². The highest BCUT2D eigenvalue weighted by Crippen LogP contribution is 2.15. The van der Waals surface area contributed by atoms with Gasteiger partial charge in [-0.1, -0.05) is 69.4 Å². The Labute approximate surface area is 133 Å². The first-order valence-electron chi connectivity index (χ1n) is 7.37. The summed E-state index contributed by atoms with van der Waals surface area (Å²) in [7, 11) is -3.55. The highest BCUT2D eigenvalue weighted by molar-refractivity contribution is 7.89. The third kappa shape index (κ3) is 6.11. The van der Waals surface area contributed by atoms with Crippen LogP contribution in [0, 0.1) is 0 Å². The van der Waals surface area contributed by atoms with Crippen molar-refractivity contribution in [1.29, 1.82) is 0 Å². The average molecular weight is 329 g/mol. The topological polar surface area (TPSA) is 72.2 Å². The molecule has 0 radical (unpaired) electrons. The van der Waals surface area contributed by atoms with Crippen LogP contribution in [0.15, 0.2) is 29.2 Å². The van der Waals surface area contributed by atoms with Crippen LogP contribution in [0.5, 0.6) is 0 Å². The summed E-state index contributed by atoms with van der Waals surface area (Å²) < 4.78 is 27.2. The third-order valence-corrected chi connectivity index (χ3v) is 5.00. The molecule has 118 valence electrons. The van der Waals surface area contributed by atoms with E-state index in [1.54, 1.807) is 18.2 Å². The predicted octanol–water partition coefficient (Wildman–Crippen LogP) is 2.96. The minimum absolute atomic E-state index is 0.0931. The van der Waals surface area contributed by atoms with Crippen molar-refractivity contribution in [3.8, 4) is 0 Å². The Morgan fingerprint density at radius 3 is 2.43 bits per heavy atom. The van der Waals surface area contributed by atoms with E-state index >= 15 is 0 Å². The number of sulfonamides is 1. The summed E-state index contributed by atoms with van der Waals surface area (Å²) in [6.45, 7) is 2.62. The Kier molecular flexibility index (Phi) is 7.85. The van der Waals surface area contributed by atoms with E-state index in [0.717, 1.165) is 19.3 Å². The highest BCUT2D eigenvalue weighted by Gasteiger charge is 2.18. The number of nitrogens with two attached hydrogens (primary N) is 1. The Hall–Kier alpha value is -0.980. The monoisotopic (exact) mass is 328 g/mol. The molecule has 0 saturated heterocycles. The highest BCUT2D eigenvalue weighted by atomic mass is 32.2. The SMILES string of the molecule is CCCCCCCCNS(=O)(=O)c1ccccc1C(N)=S. The van der Waals surface area contributed by atoms with Crippen LogP contribution in [0.4, 0.5) is 0 Å². The molecule has 0 fully saturated rings. The molecule has 0 aliphatic rings. The maximum Gasteiger partial charge on any atom is 0.241 e. The Morgan fingerprint density at radius 2 is 1.76 bits per heavy atom. The largest absolute Gasteiger partial charge is 0.389 e. The summed E-state index contributed by atoms with van der Waals surface area (Å²) in [6.07, 6.45) is 6.71. The second-order valence-corrected chi connectivity index (χ2v) is 7.20. The normalized spacial score (nSPS) is 11.5. The van der Waals surface area contributed by atoms with Crippen LogP contribution >= 0.6 is 12.2 Å².